The maximum Gasteiger partial charge on any atom is 0.321 e. The Morgan fingerprint density at radius 2 is 2.09 bits per heavy atom. The maximum absolute atomic E-state index is 13.8. The molecule has 0 spiro atoms. The van der Waals surface area contributed by atoms with Gasteiger partial charge in [0, 0.05) is 43.0 Å². The van der Waals surface area contributed by atoms with Crippen molar-refractivity contribution in [3.05, 3.63) is 53.0 Å². The zero-order valence-corrected chi connectivity index (χ0v) is 24.7. The SMILES string of the molecule is C=C(F)C(=O)N1CCN(c2nc(OC[C@@H]3CCCN3C)nc3c2CC(C)=C(c2c(C)ccc4[nH]ncc24)O3)C[C@@H]1CC#N. The van der Waals surface area contributed by atoms with E-state index in [2.05, 4.69) is 34.8 Å². The van der Waals surface area contributed by atoms with Crippen molar-refractivity contribution in [1.29, 1.82) is 5.26 Å². The summed E-state index contributed by atoms with van der Waals surface area (Å²) >= 11 is 0. The Kier molecular flexibility index (Phi) is 7.75. The van der Waals surface area contributed by atoms with E-state index in [0.29, 0.717) is 37.8 Å². The van der Waals surface area contributed by atoms with Crippen LogP contribution in [0.3, 0.4) is 0 Å². The lowest BCUT2D eigenvalue weighted by molar-refractivity contribution is -0.131. The van der Waals surface area contributed by atoms with E-state index in [1.165, 1.54) is 4.90 Å². The third kappa shape index (κ3) is 5.41. The molecule has 3 aliphatic rings. The first-order chi connectivity index (χ1) is 20.7. The monoisotopic (exact) mass is 586 g/mol. The van der Waals surface area contributed by atoms with Gasteiger partial charge in [0.15, 0.2) is 5.83 Å². The smallest absolute Gasteiger partial charge is 0.321 e. The normalized spacial score (nSPS) is 20.6. The number of ether oxygens (including phenoxy) is 2. The number of nitrogens with zero attached hydrogens (tertiary/aromatic N) is 7. The molecule has 3 aliphatic heterocycles. The second-order valence-corrected chi connectivity index (χ2v) is 11.5. The van der Waals surface area contributed by atoms with Crippen molar-refractivity contribution >= 4 is 28.4 Å². The lowest BCUT2D eigenvalue weighted by atomic mass is 9.95. The number of benzene rings is 1. The number of anilines is 1. The van der Waals surface area contributed by atoms with Crippen LogP contribution in [0.4, 0.5) is 10.2 Å². The molecule has 224 valence electrons. The van der Waals surface area contributed by atoms with Gasteiger partial charge in [-0.25, -0.2) is 4.39 Å². The molecule has 6 rings (SSSR count). The highest BCUT2D eigenvalue weighted by atomic mass is 19.1. The Labute approximate surface area is 249 Å². The molecule has 11 nitrogen and oxygen atoms in total. The summed E-state index contributed by atoms with van der Waals surface area (Å²) in [4.78, 5) is 27.8. The van der Waals surface area contributed by atoms with Crippen LogP contribution in [0.1, 0.15) is 42.9 Å². The van der Waals surface area contributed by atoms with Crippen molar-refractivity contribution in [3.8, 4) is 18.0 Å². The summed E-state index contributed by atoms with van der Waals surface area (Å²) in [6.45, 7) is 9.61. The Morgan fingerprint density at radius 3 is 2.84 bits per heavy atom. The van der Waals surface area contributed by atoms with Crippen LogP contribution in [-0.4, -0.2) is 87.8 Å². The van der Waals surface area contributed by atoms with Crippen molar-refractivity contribution in [2.75, 3.05) is 44.7 Å². The zero-order valence-electron chi connectivity index (χ0n) is 24.7. The number of carbonyl (C=O) groups is 1. The van der Waals surface area contributed by atoms with E-state index in [4.69, 9.17) is 19.4 Å². The Hall–Kier alpha value is -4.50. The predicted octanol–water partition coefficient (Wildman–Crippen LogP) is 3.91. The number of likely N-dealkylation sites (tertiary alicyclic amines) is 1. The van der Waals surface area contributed by atoms with Crippen LogP contribution in [-0.2, 0) is 11.2 Å². The number of fused-ring (bicyclic) bond motifs is 2. The number of halogens is 1. The van der Waals surface area contributed by atoms with E-state index in [1.807, 2.05) is 30.9 Å². The van der Waals surface area contributed by atoms with E-state index < -0.39 is 17.8 Å². The zero-order chi connectivity index (χ0) is 30.2. The van der Waals surface area contributed by atoms with Crippen LogP contribution in [0.5, 0.6) is 11.9 Å². The molecule has 1 aromatic carbocycles. The number of nitriles is 1. The molecule has 2 atom stereocenters. The average molecular weight is 587 g/mol. The summed E-state index contributed by atoms with van der Waals surface area (Å²) in [5.74, 6) is -0.0569. The van der Waals surface area contributed by atoms with E-state index in [1.54, 1.807) is 6.20 Å². The average Bonchev–Trinajstić information content (AvgIpc) is 3.64. The molecule has 12 heteroatoms. The van der Waals surface area contributed by atoms with Gasteiger partial charge in [-0.15, -0.1) is 0 Å². The molecule has 5 heterocycles. The molecule has 2 fully saturated rings. The van der Waals surface area contributed by atoms with Gasteiger partial charge in [0.2, 0.25) is 5.88 Å². The number of carbonyl (C=O) groups excluding carboxylic acids is 1. The summed E-state index contributed by atoms with van der Waals surface area (Å²) in [6.07, 6.45) is 4.54. The highest BCUT2D eigenvalue weighted by Gasteiger charge is 2.36. The fourth-order valence-corrected chi connectivity index (χ4v) is 6.33. The highest BCUT2D eigenvalue weighted by Crippen LogP contribution is 2.41. The van der Waals surface area contributed by atoms with Crippen LogP contribution in [0, 0.1) is 18.3 Å². The van der Waals surface area contributed by atoms with Gasteiger partial charge in [-0.3, -0.25) is 9.89 Å². The van der Waals surface area contributed by atoms with Crippen LogP contribution < -0.4 is 14.4 Å². The number of hydrogen-bond donors (Lipinski definition) is 1. The standard InChI is InChI=1S/C31H35FN8O3/c1-18-7-8-25-24(15-34-37-25)26(18)27-19(2)14-23-28(39-12-13-40(30(41)20(3)32)21(16-39)9-10-33)35-31(36-29(23)43-27)42-17-22-6-5-11-38(22)4/h7-8,15,21-22H,3,5-6,9,11-14,16-17H2,1-2,4H3,(H,34,37)/t21-,22-/m0/s1. The highest BCUT2D eigenvalue weighted by molar-refractivity contribution is 5.93. The molecule has 1 amide bonds. The minimum atomic E-state index is -1.03. The Balaban J connectivity index is 1.38. The summed E-state index contributed by atoms with van der Waals surface area (Å²) in [5.41, 5.74) is 4.73. The molecule has 43 heavy (non-hydrogen) atoms. The van der Waals surface area contributed by atoms with Crippen molar-refractivity contribution in [3.63, 3.8) is 0 Å². The van der Waals surface area contributed by atoms with Crippen LogP contribution in [0.15, 0.2) is 36.3 Å². The van der Waals surface area contributed by atoms with Gasteiger partial charge >= 0.3 is 6.01 Å². The third-order valence-corrected chi connectivity index (χ3v) is 8.69. The molecule has 3 aromatic rings. The number of aromatic nitrogens is 4. The minimum Gasteiger partial charge on any atom is -0.462 e. The van der Waals surface area contributed by atoms with Crippen molar-refractivity contribution in [2.24, 2.45) is 0 Å². The van der Waals surface area contributed by atoms with Crippen LogP contribution in [0.2, 0.25) is 0 Å². The van der Waals surface area contributed by atoms with Gasteiger partial charge in [-0.1, -0.05) is 12.6 Å². The van der Waals surface area contributed by atoms with E-state index in [0.717, 1.165) is 58.3 Å². The van der Waals surface area contributed by atoms with Gasteiger partial charge in [-0.05, 0) is 57.5 Å². The van der Waals surface area contributed by atoms with Gasteiger partial charge in [-0.2, -0.15) is 20.3 Å². The van der Waals surface area contributed by atoms with Gasteiger partial charge < -0.3 is 24.2 Å². The number of aryl methyl sites for hydroxylation is 1. The van der Waals surface area contributed by atoms with Crippen LogP contribution in [0.25, 0.3) is 16.7 Å². The second kappa shape index (κ2) is 11.6. The van der Waals surface area contributed by atoms with E-state index >= 15 is 0 Å². The largest absolute Gasteiger partial charge is 0.462 e. The molecule has 2 aromatic heterocycles. The molecule has 0 bridgehead atoms. The number of nitrogens with one attached hydrogen (secondary N) is 1. The number of rotatable bonds is 7. The first kappa shape index (κ1) is 28.6. The number of likely N-dealkylation sites (N-methyl/N-ethyl adjacent to an activating group) is 1. The Bertz CT molecular complexity index is 1660. The molecule has 0 unspecified atom stereocenters. The molecule has 0 radical (unpaired) electrons. The number of piperazine rings is 1. The number of amides is 1. The summed E-state index contributed by atoms with van der Waals surface area (Å²) in [5, 5.41) is 17.7. The Morgan fingerprint density at radius 1 is 1.26 bits per heavy atom. The van der Waals surface area contributed by atoms with Gasteiger partial charge in [0.25, 0.3) is 5.91 Å². The van der Waals surface area contributed by atoms with Crippen molar-refractivity contribution in [1.82, 2.24) is 30.0 Å². The fourth-order valence-electron chi connectivity index (χ4n) is 6.33. The minimum absolute atomic E-state index is 0.0493. The number of aromatic amines is 1. The molecule has 0 aliphatic carbocycles. The number of H-pyrrole nitrogens is 1. The lowest BCUT2D eigenvalue weighted by Gasteiger charge is -2.41. The van der Waals surface area contributed by atoms with Gasteiger partial charge in [0.1, 0.15) is 18.2 Å². The third-order valence-electron chi connectivity index (χ3n) is 8.69. The van der Waals surface area contributed by atoms with E-state index in [9.17, 15) is 14.4 Å². The molecular weight excluding hydrogens is 551 g/mol. The number of allylic oxidation sites excluding steroid dienone is 1. The second-order valence-electron chi connectivity index (χ2n) is 11.5. The first-order valence-corrected chi connectivity index (χ1v) is 14.6. The molecule has 0 saturated carbocycles. The number of hydrogen-bond acceptors (Lipinski definition) is 9. The van der Waals surface area contributed by atoms with Crippen LogP contribution >= 0.6 is 0 Å². The first-order valence-electron chi connectivity index (χ1n) is 14.6. The quantitative estimate of drug-likeness (QED) is 0.411. The lowest BCUT2D eigenvalue weighted by Crippen LogP contribution is -2.55. The summed E-state index contributed by atoms with van der Waals surface area (Å²) in [7, 11) is 2.09. The van der Waals surface area contributed by atoms with Gasteiger partial charge in [0.05, 0.1) is 35.8 Å². The van der Waals surface area contributed by atoms with Crippen molar-refractivity contribution in [2.45, 2.75) is 51.6 Å². The molecular formula is C31H35FN8O3. The fraction of sp³-hybridized carbons (Fsp3) is 0.452. The van der Waals surface area contributed by atoms with E-state index in [-0.39, 0.29) is 25.0 Å². The summed E-state index contributed by atoms with van der Waals surface area (Å²) in [6, 6.07) is 6.12. The van der Waals surface area contributed by atoms with Crippen molar-refractivity contribution < 1.29 is 18.7 Å². The molecule has 2 saturated heterocycles. The molecule has 1 N–H and O–H groups in total. The maximum atomic E-state index is 13.8. The topological polar surface area (TPSA) is 124 Å². The summed E-state index contributed by atoms with van der Waals surface area (Å²) < 4.78 is 26.6. The predicted molar refractivity (Wildman–Crippen MR) is 159 cm³/mol.